The highest BCUT2D eigenvalue weighted by molar-refractivity contribution is 5.82. The van der Waals surface area contributed by atoms with Crippen molar-refractivity contribution >= 4 is 5.91 Å². The van der Waals surface area contributed by atoms with Crippen LogP contribution >= 0.6 is 0 Å². The summed E-state index contributed by atoms with van der Waals surface area (Å²) in [6, 6.07) is 0.468. The second-order valence-corrected chi connectivity index (χ2v) is 4.37. The Morgan fingerprint density at radius 2 is 2.21 bits per heavy atom. The lowest BCUT2D eigenvalue weighted by atomic mass is 10.2. The normalized spacial score (nSPS) is 35.1. The summed E-state index contributed by atoms with van der Waals surface area (Å²) in [5.41, 5.74) is 0. The number of rotatable bonds is 2. The van der Waals surface area contributed by atoms with Crippen LogP contribution in [0.15, 0.2) is 0 Å². The maximum absolute atomic E-state index is 11.7. The second-order valence-electron chi connectivity index (χ2n) is 4.37. The number of nitrogens with zero attached hydrogens (tertiary/aromatic N) is 1. The Labute approximate surface area is 84.3 Å². The van der Waals surface area contributed by atoms with Crippen molar-refractivity contribution in [2.45, 2.75) is 44.3 Å². The molecule has 0 bridgehead atoms. The molecule has 0 aromatic rings. The summed E-state index contributed by atoms with van der Waals surface area (Å²) in [5.74, 6) is -0.00981. The predicted octanol–water partition coefficient (Wildman–Crippen LogP) is -0.280. The number of amides is 1. The molecule has 2 atom stereocenters. The second kappa shape index (κ2) is 3.87. The number of aliphatic hydroxyl groups excluding tert-OH is 1. The number of nitrogens with one attached hydrogen (secondary N) is 1. The lowest BCUT2D eigenvalue weighted by Gasteiger charge is -2.26. The van der Waals surface area contributed by atoms with Crippen molar-refractivity contribution in [2.24, 2.45) is 0 Å². The van der Waals surface area contributed by atoms with Crippen LogP contribution < -0.4 is 5.32 Å². The quantitative estimate of drug-likeness (QED) is 0.641. The fraction of sp³-hybridized carbons (Fsp3) is 0.900. The minimum Gasteiger partial charge on any atom is -0.394 e. The highest BCUT2D eigenvalue weighted by Crippen LogP contribution is 2.29. The van der Waals surface area contributed by atoms with E-state index in [2.05, 4.69) is 10.2 Å². The Morgan fingerprint density at radius 1 is 1.50 bits per heavy atom. The van der Waals surface area contributed by atoms with Crippen LogP contribution in [0.4, 0.5) is 0 Å². The minimum absolute atomic E-state index is 0.00981. The van der Waals surface area contributed by atoms with Crippen molar-refractivity contribution < 1.29 is 9.90 Å². The van der Waals surface area contributed by atoms with Crippen LogP contribution in [0.1, 0.15) is 26.2 Å². The van der Waals surface area contributed by atoms with E-state index in [1.807, 2.05) is 6.92 Å². The third-order valence-corrected chi connectivity index (χ3v) is 3.10. The molecule has 1 saturated carbocycles. The average molecular weight is 198 g/mol. The summed E-state index contributed by atoms with van der Waals surface area (Å²) < 4.78 is 0. The van der Waals surface area contributed by atoms with Gasteiger partial charge < -0.3 is 10.4 Å². The Morgan fingerprint density at radius 3 is 2.79 bits per heavy atom. The lowest BCUT2D eigenvalue weighted by Crippen LogP contribution is -2.48. The van der Waals surface area contributed by atoms with E-state index in [9.17, 15) is 9.90 Å². The highest BCUT2D eigenvalue weighted by atomic mass is 16.3. The number of carbonyl (C=O) groups excluding carboxylic acids is 1. The molecule has 80 valence electrons. The summed E-state index contributed by atoms with van der Waals surface area (Å²) >= 11 is 0. The smallest absolute Gasteiger partial charge is 0.239 e. The fourth-order valence-corrected chi connectivity index (χ4v) is 2.09. The summed E-state index contributed by atoms with van der Waals surface area (Å²) in [6.45, 7) is 2.88. The monoisotopic (exact) mass is 198 g/mol. The van der Waals surface area contributed by atoms with Gasteiger partial charge in [0.25, 0.3) is 0 Å². The molecule has 4 nitrogen and oxygen atoms in total. The fourth-order valence-electron chi connectivity index (χ4n) is 2.09. The molecule has 2 rings (SSSR count). The molecule has 2 aliphatic rings. The molecule has 0 aromatic carbocycles. The zero-order valence-corrected chi connectivity index (χ0v) is 8.57. The molecule has 0 radical (unpaired) electrons. The van der Waals surface area contributed by atoms with Gasteiger partial charge in [-0.2, -0.15) is 0 Å². The van der Waals surface area contributed by atoms with Gasteiger partial charge >= 0.3 is 0 Å². The van der Waals surface area contributed by atoms with E-state index in [4.69, 9.17) is 0 Å². The molecule has 1 amide bonds. The molecule has 1 aliphatic carbocycles. The van der Waals surface area contributed by atoms with Gasteiger partial charge in [-0.3, -0.25) is 9.69 Å². The maximum atomic E-state index is 11.7. The summed E-state index contributed by atoms with van der Waals surface area (Å²) in [7, 11) is 0. The van der Waals surface area contributed by atoms with Gasteiger partial charge in [0.15, 0.2) is 0 Å². The Bertz CT molecular complexity index is 228. The third kappa shape index (κ3) is 1.91. The molecule has 0 aromatic heterocycles. The van der Waals surface area contributed by atoms with Crippen LogP contribution in [-0.2, 0) is 4.79 Å². The molecule has 2 fully saturated rings. The minimum atomic E-state index is -0.313. The summed E-state index contributed by atoms with van der Waals surface area (Å²) in [6.07, 6.45) is 3.34. The van der Waals surface area contributed by atoms with Gasteiger partial charge in [-0.05, 0) is 26.2 Å². The molecule has 1 saturated heterocycles. The Kier molecular flexibility index (Phi) is 2.74. The summed E-state index contributed by atoms with van der Waals surface area (Å²) in [5, 5.41) is 12.1. The molecule has 1 heterocycles. The molecule has 2 N–H and O–H groups in total. The number of aliphatic hydroxyl groups is 1. The van der Waals surface area contributed by atoms with Crippen molar-refractivity contribution in [3.63, 3.8) is 0 Å². The van der Waals surface area contributed by atoms with Gasteiger partial charge in [0.2, 0.25) is 5.91 Å². The van der Waals surface area contributed by atoms with E-state index in [0.717, 1.165) is 13.0 Å². The molecule has 14 heavy (non-hydrogen) atoms. The van der Waals surface area contributed by atoms with Crippen molar-refractivity contribution in [3.8, 4) is 0 Å². The van der Waals surface area contributed by atoms with Gasteiger partial charge in [0.1, 0.15) is 6.04 Å². The largest absolute Gasteiger partial charge is 0.394 e. The molecule has 2 unspecified atom stereocenters. The lowest BCUT2D eigenvalue weighted by molar-refractivity contribution is -0.127. The van der Waals surface area contributed by atoms with Crippen molar-refractivity contribution in [3.05, 3.63) is 0 Å². The first-order valence-corrected chi connectivity index (χ1v) is 5.39. The number of carbonyl (C=O) groups is 1. The van der Waals surface area contributed by atoms with Gasteiger partial charge in [-0.1, -0.05) is 0 Å². The van der Waals surface area contributed by atoms with E-state index >= 15 is 0 Å². The number of hydrogen-bond donors (Lipinski definition) is 2. The number of hydrogen-bond acceptors (Lipinski definition) is 3. The van der Waals surface area contributed by atoms with Crippen molar-refractivity contribution in [1.29, 1.82) is 0 Å². The molecule has 1 aliphatic heterocycles. The van der Waals surface area contributed by atoms with E-state index in [1.165, 1.54) is 12.8 Å². The average Bonchev–Trinajstić information content (AvgIpc) is 2.93. The maximum Gasteiger partial charge on any atom is 0.239 e. The van der Waals surface area contributed by atoms with Crippen LogP contribution in [0.25, 0.3) is 0 Å². The Hall–Kier alpha value is -0.610. The van der Waals surface area contributed by atoms with Gasteiger partial charge in [0, 0.05) is 18.6 Å². The molecule has 0 spiro atoms. The Balaban J connectivity index is 2.08. The SMILES string of the molecule is CC1CCN(C2CC2)C(CO)C(=O)N1. The first-order chi connectivity index (χ1) is 6.72. The van der Waals surface area contributed by atoms with Crippen LogP contribution in [0.2, 0.25) is 0 Å². The van der Waals surface area contributed by atoms with Crippen LogP contribution in [0, 0.1) is 0 Å². The van der Waals surface area contributed by atoms with Crippen LogP contribution in [0.3, 0.4) is 0 Å². The topological polar surface area (TPSA) is 52.6 Å². The van der Waals surface area contributed by atoms with Crippen molar-refractivity contribution in [2.75, 3.05) is 13.2 Å². The predicted molar refractivity (Wildman–Crippen MR) is 52.8 cm³/mol. The summed E-state index contributed by atoms with van der Waals surface area (Å²) in [4.78, 5) is 13.9. The van der Waals surface area contributed by atoms with E-state index in [1.54, 1.807) is 0 Å². The van der Waals surface area contributed by atoms with Crippen molar-refractivity contribution in [1.82, 2.24) is 10.2 Å². The van der Waals surface area contributed by atoms with Crippen LogP contribution in [0.5, 0.6) is 0 Å². The van der Waals surface area contributed by atoms with E-state index in [0.29, 0.717) is 6.04 Å². The molecule has 4 heteroatoms. The van der Waals surface area contributed by atoms with E-state index < -0.39 is 0 Å². The molecular weight excluding hydrogens is 180 g/mol. The van der Waals surface area contributed by atoms with Gasteiger partial charge in [-0.15, -0.1) is 0 Å². The van der Waals surface area contributed by atoms with E-state index in [-0.39, 0.29) is 24.6 Å². The standard InChI is InChI=1S/C10H18N2O2/c1-7-4-5-12(8-2-3-8)9(6-13)10(14)11-7/h7-9,13H,2-6H2,1H3,(H,11,14). The third-order valence-electron chi connectivity index (χ3n) is 3.10. The molecular formula is C10H18N2O2. The first kappa shape index (κ1) is 9.93. The van der Waals surface area contributed by atoms with Gasteiger partial charge in [0.05, 0.1) is 6.61 Å². The van der Waals surface area contributed by atoms with Crippen LogP contribution in [-0.4, -0.2) is 47.2 Å². The zero-order valence-electron chi connectivity index (χ0n) is 8.57. The zero-order chi connectivity index (χ0) is 10.1. The highest BCUT2D eigenvalue weighted by Gasteiger charge is 2.38. The first-order valence-electron chi connectivity index (χ1n) is 5.39. The van der Waals surface area contributed by atoms with Gasteiger partial charge in [-0.25, -0.2) is 0 Å².